The molecule has 1 atom stereocenters. The van der Waals surface area contributed by atoms with Crippen LogP contribution in [0.5, 0.6) is 5.75 Å². The minimum absolute atomic E-state index is 0.240. The van der Waals surface area contributed by atoms with Crippen molar-refractivity contribution in [2.24, 2.45) is 0 Å². The average Bonchev–Trinajstić information content (AvgIpc) is 3.19. The number of nitrogens with zero attached hydrogens (tertiary/aromatic N) is 2. The van der Waals surface area contributed by atoms with Gasteiger partial charge in [-0.25, -0.2) is 0 Å². The van der Waals surface area contributed by atoms with Crippen LogP contribution in [0.2, 0.25) is 0 Å². The third-order valence-corrected chi connectivity index (χ3v) is 6.69. The third kappa shape index (κ3) is 2.33. The first-order chi connectivity index (χ1) is 13.2. The molecule has 0 N–H and O–H groups in total. The summed E-state index contributed by atoms with van der Waals surface area (Å²) in [5.74, 6) is 0.907. The number of anilines is 3. The first-order valence-corrected chi connectivity index (χ1v) is 10.2. The van der Waals surface area contributed by atoms with Gasteiger partial charge < -0.3 is 14.5 Å². The van der Waals surface area contributed by atoms with E-state index in [1.165, 1.54) is 31.5 Å². The molecule has 0 fully saturated rings. The lowest BCUT2D eigenvalue weighted by Crippen LogP contribution is -2.38. The van der Waals surface area contributed by atoms with E-state index in [0.717, 1.165) is 18.0 Å². The van der Waals surface area contributed by atoms with Gasteiger partial charge in [0.25, 0.3) is 0 Å². The van der Waals surface area contributed by atoms with E-state index in [1.807, 2.05) is 23.5 Å². The van der Waals surface area contributed by atoms with Gasteiger partial charge in [0.2, 0.25) is 0 Å². The number of benzene rings is 3. The molecule has 1 aromatic heterocycles. The molecule has 1 aliphatic rings. The zero-order chi connectivity index (χ0) is 18.5. The summed E-state index contributed by atoms with van der Waals surface area (Å²) in [7, 11) is 1.74. The fraction of sp³-hybridized carbons (Fsp3) is 0.217. The van der Waals surface area contributed by atoms with Crippen LogP contribution in [0.3, 0.4) is 0 Å². The van der Waals surface area contributed by atoms with Gasteiger partial charge in [-0.3, -0.25) is 0 Å². The van der Waals surface area contributed by atoms with Gasteiger partial charge in [0.05, 0.1) is 24.2 Å². The summed E-state index contributed by atoms with van der Waals surface area (Å²) in [6.45, 7) is 5.46. The van der Waals surface area contributed by atoms with Crippen LogP contribution in [0.25, 0.3) is 20.2 Å². The van der Waals surface area contributed by atoms with E-state index in [2.05, 4.69) is 72.2 Å². The molecule has 3 aromatic carbocycles. The van der Waals surface area contributed by atoms with Crippen LogP contribution < -0.4 is 14.5 Å². The zero-order valence-electron chi connectivity index (χ0n) is 15.8. The van der Waals surface area contributed by atoms with Gasteiger partial charge in [0, 0.05) is 26.7 Å². The van der Waals surface area contributed by atoms with Crippen molar-refractivity contribution < 1.29 is 4.74 Å². The molecule has 27 heavy (non-hydrogen) atoms. The van der Waals surface area contributed by atoms with Gasteiger partial charge in [-0.1, -0.05) is 30.3 Å². The van der Waals surface area contributed by atoms with E-state index >= 15 is 0 Å². The van der Waals surface area contributed by atoms with Gasteiger partial charge in [-0.05, 0) is 44.2 Å². The molecule has 5 rings (SSSR count). The Labute approximate surface area is 163 Å². The van der Waals surface area contributed by atoms with Crippen molar-refractivity contribution >= 4 is 48.6 Å². The van der Waals surface area contributed by atoms with E-state index in [-0.39, 0.29) is 6.17 Å². The second kappa shape index (κ2) is 6.17. The maximum atomic E-state index is 5.67. The van der Waals surface area contributed by atoms with Gasteiger partial charge in [-0.2, -0.15) is 0 Å². The second-order valence-corrected chi connectivity index (χ2v) is 7.98. The molecule has 136 valence electrons. The van der Waals surface area contributed by atoms with Crippen LogP contribution in [0, 0.1) is 0 Å². The molecule has 1 aliphatic heterocycles. The largest absolute Gasteiger partial charge is 0.495 e. The minimum Gasteiger partial charge on any atom is -0.495 e. The molecule has 0 saturated heterocycles. The fourth-order valence-electron chi connectivity index (χ4n) is 4.31. The van der Waals surface area contributed by atoms with E-state index in [0.29, 0.717) is 0 Å². The number of para-hydroxylation sites is 2. The van der Waals surface area contributed by atoms with Crippen molar-refractivity contribution in [1.29, 1.82) is 0 Å². The Morgan fingerprint density at radius 2 is 1.67 bits per heavy atom. The quantitative estimate of drug-likeness (QED) is 0.413. The van der Waals surface area contributed by atoms with Gasteiger partial charge in [0.1, 0.15) is 11.9 Å². The van der Waals surface area contributed by atoms with Crippen LogP contribution in [-0.2, 0) is 0 Å². The highest BCUT2D eigenvalue weighted by Crippen LogP contribution is 2.50. The Hall–Kier alpha value is -2.72. The molecular formula is C23H22N2OS. The van der Waals surface area contributed by atoms with Crippen LogP contribution in [0.15, 0.2) is 60.7 Å². The number of rotatable bonds is 3. The summed E-state index contributed by atoms with van der Waals surface area (Å²) in [5.41, 5.74) is 3.67. The van der Waals surface area contributed by atoms with E-state index in [1.54, 1.807) is 7.11 Å². The number of thiophene rings is 1. The summed E-state index contributed by atoms with van der Waals surface area (Å²) >= 11 is 1.87. The molecule has 0 spiro atoms. The number of hydrogen-bond acceptors (Lipinski definition) is 4. The number of methoxy groups -OCH3 is 1. The molecule has 3 nitrogen and oxygen atoms in total. The lowest BCUT2D eigenvalue weighted by Gasteiger charge is -2.30. The predicted molar refractivity (Wildman–Crippen MR) is 117 cm³/mol. The molecule has 0 bridgehead atoms. The molecule has 2 heterocycles. The highest BCUT2D eigenvalue weighted by Gasteiger charge is 2.35. The summed E-state index contributed by atoms with van der Waals surface area (Å²) in [6.07, 6.45) is 0.240. The Bertz CT molecular complexity index is 1150. The van der Waals surface area contributed by atoms with Gasteiger partial charge >= 0.3 is 0 Å². The standard InChI is InChI=1S/C23H22N2OS/c1-4-24-15(2)25(18-10-6-7-11-21(18)26-3)20-14-23-17(13-19(20)24)16-9-5-8-12-22(16)27-23/h5-15H,4H2,1-3H3/t15-/m0/s1. The molecule has 0 saturated carbocycles. The third-order valence-electron chi connectivity index (χ3n) is 5.55. The van der Waals surface area contributed by atoms with Crippen molar-refractivity contribution in [1.82, 2.24) is 0 Å². The Kier molecular flexibility index (Phi) is 3.76. The monoisotopic (exact) mass is 374 g/mol. The highest BCUT2D eigenvalue weighted by molar-refractivity contribution is 7.25. The first kappa shape index (κ1) is 16.5. The SMILES string of the molecule is CCN1c2cc3c(cc2N(c2ccccc2OC)[C@H]1C)sc1ccccc13. The molecule has 0 unspecified atom stereocenters. The van der Waals surface area contributed by atoms with Crippen molar-refractivity contribution in [2.75, 3.05) is 23.5 Å². The fourth-order valence-corrected chi connectivity index (χ4v) is 5.43. The Balaban J connectivity index is 1.78. The molecule has 0 radical (unpaired) electrons. The average molecular weight is 375 g/mol. The normalized spacial score (nSPS) is 16.3. The first-order valence-electron chi connectivity index (χ1n) is 9.37. The van der Waals surface area contributed by atoms with Crippen LogP contribution in [-0.4, -0.2) is 19.8 Å². The number of fused-ring (bicyclic) bond motifs is 4. The van der Waals surface area contributed by atoms with Crippen molar-refractivity contribution in [3.05, 3.63) is 60.7 Å². The minimum atomic E-state index is 0.240. The van der Waals surface area contributed by atoms with Crippen LogP contribution in [0.1, 0.15) is 13.8 Å². The maximum Gasteiger partial charge on any atom is 0.142 e. The van der Waals surface area contributed by atoms with Gasteiger partial charge in [0.15, 0.2) is 0 Å². The highest BCUT2D eigenvalue weighted by atomic mass is 32.1. The Morgan fingerprint density at radius 3 is 2.48 bits per heavy atom. The summed E-state index contributed by atoms with van der Waals surface area (Å²) in [6, 6.07) is 21.7. The number of hydrogen-bond donors (Lipinski definition) is 0. The summed E-state index contributed by atoms with van der Waals surface area (Å²) in [4.78, 5) is 4.87. The summed E-state index contributed by atoms with van der Waals surface area (Å²) < 4.78 is 8.34. The predicted octanol–water partition coefficient (Wildman–Crippen LogP) is 6.39. The molecule has 4 aromatic rings. The topological polar surface area (TPSA) is 15.7 Å². The van der Waals surface area contributed by atoms with Crippen molar-refractivity contribution in [3.63, 3.8) is 0 Å². The van der Waals surface area contributed by atoms with E-state index < -0.39 is 0 Å². The zero-order valence-corrected chi connectivity index (χ0v) is 16.6. The molecule has 4 heteroatoms. The smallest absolute Gasteiger partial charge is 0.142 e. The van der Waals surface area contributed by atoms with Crippen LogP contribution >= 0.6 is 11.3 Å². The molecule has 0 aliphatic carbocycles. The lowest BCUT2D eigenvalue weighted by atomic mass is 10.1. The van der Waals surface area contributed by atoms with E-state index in [4.69, 9.17) is 4.74 Å². The Morgan fingerprint density at radius 1 is 0.889 bits per heavy atom. The van der Waals surface area contributed by atoms with Crippen LogP contribution in [0.4, 0.5) is 17.1 Å². The number of ether oxygens (including phenoxy) is 1. The molecular weight excluding hydrogens is 352 g/mol. The van der Waals surface area contributed by atoms with Crippen molar-refractivity contribution in [2.45, 2.75) is 20.0 Å². The lowest BCUT2D eigenvalue weighted by molar-refractivity contribution is 0.414. The summed E-state index contributed by atoms with van der Waals surface area (Å²) in [5, 5.41) is 2.70. The van der Waals surface area contributed by atoms with Gasteiger partial charge in [-0.15, -0.1) is 11.3 Å². The second-order valence-electron chi connectivity index (χ2n) is 6.90. The van der Waals surface area contributed by atoms with Crippen molar-refractivity contribution in [3.8, 4) is 5.75 Å². The van der Waals surface area contributed by atoms with E-state index in [9.17, 15) is 0 Å². The maximum absolute atomic E-state index is 5.67. The molecule has 0 amide bonds.